The normalized spacial score (nSPS) is 19.9. The second-order valence-corrected chi connectivity index (χ2v) is 9.76. The summed E-state index contributed by atoms with van der Waals surface area (Å²) in [6.07, 6.45) is 2.62. The molecule has 0 bridgehead atoms. The van der Waals surface area contributed by atoms with Gasteiger partial charge in [-0.15, -0.1) is 0 Å². The fourth-order valence-corrected chi connectivity index (χ4v) is 4.90. The number of carbonyl (C=O) groups excluding carboxylic acids is 1. The van der Waals surface area contributed by atoms with Gasteiger partial charge >= 0.3 is 6.09 Å². The van der Waals surface area contributed by atoms with Gasteiger partial charge in [-0.3, -0.25) is 4.68 Å². The number of carbonyl (C=O) groups is 1. The summed E-state index contributed by atoms with van der Waals surface area (Å²) in [4.78, 5) is 15.0. The fraction of sp³-hybridized carbons (Fsp3) is 0.407. The summed E-state index contributed by atoms with van der Waals surface area (Å²) in [6, 6.07) is 17.9. The number of aromatic nitrogens is 2. The number of rotatable bonds is 6. The molecule has 6 nitrogen and oxygen atoms in total. The second kappa shape index (κ2) is 8.67. The maximum absolute atomic E-state index is 13.2. The van der Waals surface area contributed by atoms with Crippen LogP contribution in [-0.4, -0.2) is 38.0 Å². The van der Waals surface area contributed by atoms with Crippen LogP contribution in [0.1, 0.15) is 56.5 Å². The molecular formula is C27H33N3O3. The highest BCUT2D eigenvalue weighted by atomic mass is 16.6. The van der Waals surface area contributed by atoms with Gasteiger partial charge in [-0.25, -0.2) is 4.79 Å². The van der Waals surface area contributed by atoms with Crippen molar-refractivity contribution in [3.8, 4) is 11.1 Å². The van der Waals surface area contributed by atoms with Gasteiger partial charge in [0.15, 0.2) is 0 Å². The van der Waals surface area contributed by atoms with Gasteiger partial charge in [-0.2, -0.15) is 5.10 Å². The van der Waals surface area contributed by atoms with Crippen LogP contribution in [0, 0.1) is 6.92 Å². The maximum Gasteiger partial charge on any atom is 0.411 e. The third-order valence-corrected chi connectivity index (χ3v) is 6.48. The molecule has 1 aromatic heterocycles. The Morgan fingerprint density at radius 3 is 2.36 bits per heavy atom. The first-order valence-electron chi connectivity index (χ1n) is 11.5. The minimum absolute atomic E-state index is 0.127. The molecule has 0 radical (unpaired) electrons. The predicted molar refractivity (Wildman–Crippen MR) is 129 cm³/mol. The molecular weight excluding hydrogens is 414 g/mol. The predicted octanol–water partition coefficient (Wildman–Crippen LogP) is 5.36. The Hall–Kier alpha value is -3.12. The summed E-state index contributed by atoms with van der Waals surface area (Å²) in [5.41, 5.74) is 3.36. The zero-order chi connectivity index (χ0) is 23.8. The second-order valence-electron chi connectivity index (χ2n) is 9.76. The van der Waals surface area contributed by atoms with E-state index >= 15 is 0 Å². The van der Waals surface area contributed by atoms with Gasteiger partial charge in [-0.05, 0) is 44.4 Å². The Bertz CT molecular complexity index is 1120. The quantitative estimate of drug-likeness (QED) is 0.553. The van der Waals surface area contributed by atoms with Crippen LogP contribution < -0.4 is 0 Å². The van der Waals surface area contributed by atoms with Gasteiger partial charge in [0.05, 0.1) is 17.3 Å². The SMILES string of the molecule is Cc1nn(C)cc1-c1ccc([C@H](C)N2CC[C@](CC(C)(C)O)(c3ccccc3)OC2=O)cc1. The van der Waals surface area contributed by atoms with Crippen LogP contribution in [-0.2, 0) is 17.4 Å². The first-order valence-corrected chi connectivity index (χ1v) is 11.5. The lowest BCUT2D eigenvalue weighted by Crippen LogP contribution is -2.51. The number of cyclic esters (lactones) is 1. The van der Waals surface area contributed by atoms with Crippen molar-refractivity contribution in [3.63, 3.8) is 0 Å². The van der Waals surface area contributed by atoms with E-state index in [0.717, 1.165) is 27.9 Å². The molecule has 3 aromatic rings. The molecule has 2 atom stereocenters. The van der Waals surface area contributed by atoms with E-state index in [9.17, 15) is 9.90 Å². The van der Waals surface area contributed by atoms with E-state index < -0.39 is 11.2 Å². The van der Waals surface area contributed by atoms with Crippen molar-refractivity contribution in [1.82, 2.24) is 14.7 Å². The molecule has 1 fully saturated rings. The van der Waals surface area contributed by atoms with E-state index in [1.165, 1.54) is 0 Å². The zero-order valence-electron chi connectivity index (χ0n) is 20.1. The van der Waals surface area contributed by atoms with Crippen molar-refractivity contribution in [1.29, 1.82) is 0 Å². The van der Waals surface area contributed by atoms with E-state index in [2.05, 4.69) is 29.4 Å². The van der Waals surface area contributed by atoms with Crippen LogP contribution in [0.2, 0.25) is 0 Å². The minimum atomic E-state index is -0.968. The monoisotopic (exact) mass is 447 g/mol. The van der Waals surface area contributed by atoms with Gasteiger partial charge in [0.25, 0.3) is 0 Å². The maximum atomic E-state index is 13.2. The highest BCUT2D eigenvalue weighted by Gasteiger charge is 2.46. The summed E-state index contributed by atoms with van der Waals surface area (Å²) in [6.45, 7) is 8.09. The van der Waals surface area contributed by atoms with Crippen molar-refractivity contribution in [3.05, 3.63) is 77.6 Å². The van der Waals surface area contributed by atoms with Crippen LogP contribution in [0.4, 0.5) is 4.79 Å². The standard InChI is InChI=1S/C27H33N3O3/c1-19-24(17-29(5)28-19)22-13-11-21(12-14-22)20(2)30-16-15-27(33-25(30)31,18-26(3,4)32)23-9-7-6-8-10-23/h6-14,17,20,32H,15-16,18H2,1-5H3/t20-,27-/m0/s1. The molecule has 1 N–H and O–H groups in total. The molecule has 0 unspecified atom stereocenters. The molecule has 0 spiro atoms. The van der Waals surface area contributed by atoms with E-state index in [1.54, 1.807) is 18.7 Å². The Morgan fingerprint density at radius 1 is 1.15 bits per heavy atom. The summed E-state index contributed by atoms with van der Waals surface area (Å²) >= 11 is 0. The number of nitrogens with zero attached hydrogens (tertiary/aromatic N) is 3. The van der Waals surface area contributed by atoms with Crippen LogP contribution in [0.5, 0.6) is 0 Å². The zero-order valence-corrected chi connectivity index (χ0v) is 20.1. The molecule has 0 saturated carbocycles. The highest BCUT2D eigenvalue weighted by Crippen LogP contribution is 2.42. The molecule has 2 heterocycles. The third kappa shape index (κ3) is 4.81. The van der Waals surface area contributed by atoms with E-state index in [-0.39, 0.29) is 12.1 Å². The molecule has 0 aliphatic carbocycles. The lowest BCUT2D eigenvalue weighted by Gasteiger charge is -2.45. The fourth-order valence-electron chi connectivity index (χ4n) is 4.90. The van der Waals surface area contributed by atoms with E-state index in [1.807, 2.05) is 62.1 Å². The molecule has 1 saturated heterocycles. The Labute approximate surface area is 195 Å². The number of amides is 1. The summed E-state index contributed by atoms with van der Waals surface area (Å²) < 4.78 is 7.94. The number of hydrogen-bond donors (Lipinski definition) is 1. The number of benzene rings is 2. The minimum Gasteiger partial charge on any atom is -0.438 e. The summed E-state index contributed by atoms with van der Waals surface area (Å²) in [5.74, 6) is 0. The van der Waals surface area contributed by atoms with E-state index in [0.29, 0.717) is 19.4 Å². The van der Waals surface area contributed by atoms with Gasteiger partial charge < -0.3 is 14.7 Å². The first-order chi connectivity index (χ1) is 15.6. The van der Waals surface area contributed by atoms with Crippen LogP contribution >= 0.6 is 0 Å². The number of ether oxygens (including phenoxy) is 1. The van der Waals surface area contributed by atoms with Crippen molar-refractivity contribution < 1.29 is 14.6 Å². The lowest BCUT2D eigenvalue weighted by molar-refractivity contribution is -0.101. The third-order valence-electron chi connectivity index (χ3n) is 6.48. The average molecular weight is 448 g/mol. The number of aliphatic hydroxyl groups is 1. The first kappa shape index (κ1) is 23.1. The molecule has 174 valence electrons. The van der Waals surface area contributed by atoms with E-state index in [4.69, 9.17) is 4.74 Å². The molecule has 33 heavy (non-hydrogen) atoms. The van der Waals surface area contributed by atoms with Gasteiger partial charge in [0.2, 0.25) is 0 Å². The molecule has 1 aliphatic rings. The summed E-state index contributed by atoms with van der Waals surface area (Å²) in [7, 11) is 1.92. The largest absolute Gasteiger partial charge is 0.438 e. The van der Waals surface area contributed by atoms with Crippen molar-refractivity contribution in [2.24, 2.45) is 7.05 Å². The van der Waals surface area contributed by atoms with Gasteiger partial charge in [0, 0.05) is 38.2 Å². The molecule has 1 amide bonds. The van der Waals surface area contributed by atoms with Crippen molar-refractivity contribution in [2.75, 3.05) is 6.54 Å². The lowest BCUT2D eigenvalue weighted by atomic mass is 9.80. The molecule has 2 aromatic carbocycles. The molecule has 4 rings (SSSR count). The van der Waals surface area contributed by atoms with Crippen LogP contribution in [0.3, 0.4) is 0 Å². The van der Waals surface area contributed by atoms with Crippen molar-refractivity contribution in [2.45, 2.75) is 57.8 Å². The van der Waals surface area contributed by atoms with Crippen molar-refractivity contribution >= 4 is 6.09 Å². The topological polar surface area (TPSA) is 67.6 Å². The molecule has 1 aliphatic heterocycles. The smallest absolute Gasteiger partial charge is 0.411 e. The van der Waals surface area contributed by atoms with Gasteiger partial charge in [-0.1, -0.05) is 54.6 Å². The number of hydrogen-bond acceptors (Lipinski definition) is 4. The van der Waals surface area contributed by atoms with Gasteiger partial charge in [0.1, 0.15) is 5.60 Å². The molecule has 6 heteroatoms. The summed E-state index contributed by atoms with van der Waals surface area (Å²) in [5, 5.41) is 15.0. The Kier molecular flexibility index (Phi) is 6.06. The average Bonchev–Trinajstić information content (AvgIpc) is 3.11. The number of aryl methyl sites for hydroxylation is 2. The van der Waals surface area contributed by atoms with Crippen LogP contribution in [0.15, 0.2) is 60.8 Å². The Morgan fingerprint density at radius 2 is 1.82 bits per heavy atom. The Balaban J connectivity index is 1.54. The highest BCUT2D eigenvalue weighted by molar-refractivity contribution is 5.70. The van der Waals surface area contributed by atoms with Crippen LogP contribution in [0.25, 0.3) is 11.1 Å².